The first-order chi connectivity index (χ1) is 14.3. The van der Waals surface area contributed by atoms with E-state index in [2.05, 4.69) is 39.3 Å². The minimum absolute atomic E-state index is 0. The minimum Gasteiger partial charge on any atom is -0.484 e. The highest BCUT2D eigenvalue weighted by atomic mass is 127. The van der Waals surface area contributed by atoms with Gasteiger partial charge in [0.1, 0.15) is 5.75 Å². The molecule has 0 aliphatic carbocycles. The molecule has 6 nitrogen and oxygen atoms in total. The smallest absolute Gasteiger partial charge is 0.422 e. The number of nitrogens with zero attached hydrogens (tertiary/aromatic N) is 3. The Bertz CT molecular complexity index is 649. The fraction of sp³-hybridized carbons (Fsp3) is 0.667. The summed E-state index contributed by atoms with van der Waals surface area (Å²) in [5.74, 6) is 0.927. The molecule has 0 saturated carbocycles. The second-order valence-electron chi connectivity index (χ2n) is 7.44. The second kappa shape index (κ2) is 14.0. The highest BCUT2D eigenvalue weighted by molar-refractivity contribution is 14.0. The summed E-state index contributed by atoms with van der Waals surface area (Å²) in [6, 6.07) is 6.94. The van der Waals surface area contributed by atoms with E-state index >= 15 is 0 Å². The van der Waals surface area contributed by atoms with Crippen LogP contribution in [0.15, 0.2) is 29.3 Å². The summed E-state index contributed by atoms with van der Waals surface area (Å²) < 4.78 is 41.4. The Labute approximate surface area is 200 Å². The zero-order valence-electron chi connectivity index (χ0n) is 18.5. The van der Waals surface area contributed by atoms with Gasteiger partial charge in [-0.05, 0) is 38.1 Å². The van der Waals surface area contributed by atoms with E-state index < -0.39 is 12.8 Å². The van der Waals surface area contributed by atoms with Gasteiger partial charge in [0, 0.05) is 45.3 Å². The fourth-order valence-corrected chi connectivity index (χ4v) is 3.26. The van der Waals surface area contributed by atoms with Crippen LogP contribution in [0.1, 0.15) is 26.3 Å². The second-order valence-corrected chi connectivity index (χ2v) is 7.44. The van der Waals surface area contributed by atoms with Gasteiger partial charge in [-0.15, -0.1) is 24.0 Å². The monoisotopic (exact) mass is 557 g/mol. The number of likely N-dealkylation sites (N-methyl/N-ethyl adjacent to an activating group) is 1. The predicted molar refractivity (Wildman–Crippen MR) is 129 cm³/mol. The van der Waals surface area contributed by atoms with E-state index in [1.54, 1.807) is 12.1 Å². The van der Waals surface area contributed by atoms with E-state index in [9.17, 15) is 13.2 Å². The van der Waals surface area contributed by atoms with Crippen LogP contribution in [0.3, 0.4) is 0 Å². The van der Waals surface area contributed by atoms with Crippen LogP contribution in [0.4, 0.5) is 13.2 Å². The van der Waals surface area contributed by atoms with Crippen molar-refractivity contribution in [3.63, 3.8) is 0 Å². The van der Waals surface area contributed by atoms with E-state index in [0.717, 1.165) is 57.3 Å². The van der Waals surface area contributed by atoms with Crippen LogP contribution >= 0.6 is 24.0 Å². The van der Waals surface area contributed by atoms with E-state index in [1.165, 1.54) is 12.1 Å². The maximum atomic E-state index is 12.2. The molecule has 1 saturated heterocycles. The van der Waals surface area contributed by atoms with Gasteiger partial charge in [0.2, 0.25) is 0 Å². The predicted octanol–water partition coefficient (Wildman–Crippen LogP) is 3.33. The molecule has 0 radical (unpaired) electrons. The van der Waals surface area contributed by atoms with Gasteiger partial charge in [-0.25, -0.2) is 4.99 Å². The summed E-state index contributed by atoms with van der Waals surface area (Å²) in [5.41, 5.74) is 0.898. The lowest BCUT2D eigenvalue weighted by atomic mass is 10.2. The van der Waals surface area contributed by atoms with Gasteiger partial charge in [-0.2, -0.15) is 13.2 Å². The molecule has 1 atom stereocenters. The van der Waals surface area contributed by atoms with E-state index in [-0.39, 0.29) is 29.7 Å². The van der Waals surface area contributed by atoms with E-state index in [1.807, 2.05) is 6.92 Å². The van der Waals surface area contributed by atoms with Crippen molar-refractivity contribution >= 4 is 29.9 Å². The van der Waals surface area contributed by atoms with Crippen molar-refractivity contribution in [1.29, 1.82) is 0 Å². The Kier molecular flexibility index (Phi) is 12.5. The zero-order chi connectivity index (χ0) is 22.0. The molecule has 2 rings (SSSR count). The molecule has 0 bridgehead atoms. The Hall–Kier alpha value is -1.27. The summed E-state index contributed by atoms with van der Waals surface area (Å²) in [6.45, 7) is 12.6. The van der Waals surface area contributed by atoms with Crippen molar-refractivity contribution in [2.45, 2.75) is 39.5 Å². The van der Waals surface area contributed by atoms with Crippen molar-refractivity contribution < 1.29 is 17.9 Å². The van der Waals surface area contributed by atoms with Crippen LogP contribution in [0, 0.1) is 0 Å². The Balaban J connectivity index is 0.00000480. The molecule has 1 aliphatic rings. The van der Waals surface area contributed by atoms with Crippen molar-refractivity contribution in [2.75, 3.05) is 52.4 Å². The molecule has 1 aromatic rings. The van der Waals surface area contributed by atoms with Crippen LogP contribution in [-0.2, 0) is 6.54 Å². The number of aliphatic imine (C=N–C) groups is 1. The third-order valence-electron chi connectivity index (χ3n) is 5.13. The Morgan fingerprint density at radius 2 is 1.74 bits per heavy atom. The average Bonchev–Trinajstić information content (AvgIpc) is 2.74. The van der Waals surface area contributed by atoms with Crippen LogP contribution < -0.4 is 15.4 Å². The van der Waals surface area contributed by atoms with Crippen molar-refractivity contribution in [3.8, 4) is 5.75 Å². The van der Waals surface area contributed by atoms with Gasteiger partial charge in [0.25, 0.3) is 0 Å². The normalized spacial score (nSPS) is 17.0. The minimum atomic E-state index is -4.34. The van der Waals surface area contributed by atoms with Gasteiger partial charge >= 0.3 is 6.18 Å². The lowest BCUT2D eigenvalue weighted by Gasteiger charge is -2.37. The number of alkyl halides is 3. The van der Waals surface area contributed by atoms with E-state index in [0.29, 0.717) is 12.6 Å². The number of nitrogens with one attached hydrogen (secondary N) is 2. The number of halogens is 4. The number of rotatable bonds is 9. The molecular weight excluding hydrogens is 522 g/mol. The molecule has 0 aromatic heterocycles. The molecule has 178 valence electrons. The lowest BCUT2D eigenvalue weighted by molar-refractivity contribution is -0.153. The maximum absolute atomic E-state index is 12.2. The maximum Gasteiger partial charge on any atom is 0.422 e. The van der Waals surface area contributed by atoms with Crippen LogP contribution in [0.5, 0.6) is 5.75 Å². The fourth-order valence-electron chi connectivity index (χ4n) is 3.26. The van der Waals surface area contributed by atoms with E-state index in [4.69, 9.17) is 4.74 Å². The van der Waals surface area contributed by atoms with Crippen molar-refractivity contribution in [2.24, 2.45) is 4.99 Å². The van der Waals surface area contributed by atoms with Crippen LogP contribution in [0.25, 0.3) is 0 Å². The van der Waals surface area contributed by atoms with Gasteiger partial charge in [-0.3, -0.25) is 4.90 Å². The summed E-state index contributed by atoms with van der Waals surface area (Å²) in [7, 11) is 0. The molecule has 1 fully saturated rings. The molecule has 2 N–H and O–H groups in total. The van der Waals surface area contributed by atoms with Crippen LogP contribution in [0.2, 0.25) is 0 Å². The highest BCUT2D eigenvalue weighted by Crippen LogP contribution is 2.19. The number of piperazine rings is 1. The number of hydrogen-bond acceptors (Lipinski definition) is 4. The standard InChI is InChI=1S/C21H34F3N5O.HI/c1-4-25-20(26-14-17(3)29-12-10-28(5-2)11-13-29)27-15-18-6-8-19(9-7-18)30-16-21(22,23)24;/h6-9,17H,4-5,10-16H2,1-3H3,(H2,25,26,27);1H. The van der Waals surface area contributed by atoms with Gasteiger partial charge in [-0.1, -0.05) is 19.1 Å². The molecule has 10 heteroatoms. The summed E-state index contributed by atoms with van der Waals surface area (Å²) in [6.07, 6.45) is -4.34. The summed E-state index contributed by atoms with van der Waals surface area (Å²) in [4.78, 5) is 9.54. The molecule has 1 unspecified atom stereocenters. The molecule has 31 heavy (non-hydrogen) atoms. The molecule has 0 spiro atoms. The first kappa shape index (κ1) is 27.8. The molecule has 1 heterocycles. The Morgan fingerprint density at radius 1 is 1.10 bits per heavy atom. The molecule has 1 aromatic carbocycles. The number of hydrogen-bond donors (Lipinski definition) is 2. The SMILES string of the molecule is CCNC(=NCc1ccc(OCC(F)(F)F)cc1)NCC(C)N1CCN(CC)CC1.I. The third-order valence-corrected chi connectivity index (χ3v) is 5.13. The van der Waals surface area contributed by atoms with Crippen molar-refractivity contribution in [3.05, 3.63) is 29.8 Å². The van der Waals surface area contributed by atoms with Gasteiger partial charge in [0.15, 0.2) is 12.6 Å². The molecule has 1 aliphatic heterocycles. The Morgan fingerprint density at radius 3 is 2.29 bits per heavy atom. The molecule has 0 amide bonds. The molecular formula is C21H35F3IN5O. The third kappa shape index (κ3) is 10.7. The first-order valence-electron chi connectivity index (χ1n) is 10.6. The lowest BCUT2D eigenvalue weighted by Crippen LogP contribution is -2.53. The van der Waals surface area contributed by atoms with Crippen molar-refractivity contribution in [1.82, 2.24) is 20.4 Å². The number of guanidine groups is 1. The zero-order valence-corrected chi connectivity index (χ0v) is 20.9. The summed E-state index contributed by atoms with van der Waals surface area (Å²) >= 11 is 0. The van der Waals surface area contributed by atoms with Crippen LogP contribution in [-0.4, -0.2) is 80.4 Å². The largest absolute Gasteiger partial charge is 0.484 e. The summed E-state index contributed by atoms with van der Waals surface area (Å²) in [5, 5.41) is 6.63. The first-order valence-corrected chi connectivity index (χ1v) is 10.6. The average molecular weight is 557 g/mol. The topological polar surface area (TPSA) is 52.1 Å². The quantitative estimate of drug-likeness (QED) is 0.277. The number of benzene rings is 1. The highest BCUT2D eigenvalue weighted by Gasteiger charge is 2.28. The number of ether oxygens (including phenoxy) is 1. The van der Waals surface area contributed by atoms with Gasteiger partial charge < -0.3 is 20.3 Å². The van der Waals surface area contributed by atoms with Gasteiger partial charge in [0.05, 0.1) is 6.54 Å².